The highest BCUT2D eigenvalue weighted by molar-refractivity contribution is 6.01. The topological polar surface area (TPSA) is 104 Å². The van der Waals surface area contributed by atoms with Crippen LogP contribution in [0.3, 0.4) is 0 Å². The summed E-state index contributed by atoms with van der Waals surface area (Å²) in [5.41, 5.74) is -0.847. The Morgan fingerprint density at radius 3 is 2.69 bits per heavy atom. The predicted octanol–water partition coefficient (Wildman–Crippen LogP) is 2.95. The van der Waals surface area contributed by atoms with Gasteiger partial charge in [-0.3, -0.25) is 9.59 Å². The van der Waals surface area contributed by atoms with Crippen molar-refractivity contribution in [3.05, 3.63) is 23.8 Å². The van der Waals surface area contributed by atoms with Crippen molar-refractivity contribution in [1.29, 1.82) is 0 Å². The molecule has 6 nitrogen and oxygen atoms in total. The van der Waals surface area contributed by atoms with Crippen LogP contribution in [0.15, 0.2) is 23.8 Å². The Kier molecular flexibility index (Phi) is 6.07. The molecule has 3 saturated carbocycles. The Labute approximate surface area is 190 Å². The minimum Gasteiger partial charge on any atom is -0.393 e. The van der Waals surface area contributed by atoms with Crippen molar-refractivity contribution in [2.45, 2.75) is 84.7 Å². The van der Waals surface area contributed by atoms with Gasteiger partial charge in [0.2, 0.25) is 0 Å². The van der Waals surface area contributed by atoms with Gasteiger partial charge < -0.3 is 20.1 Å². The molecule has 0 bridgehead atoms. The van der Waals surface area contributed by atoms with Crippen molar-refractivity contribution < 1.29 is 29.6 Å². The molecule has 5 unspecified atom stereocenters. The first-order valence-electron chi connectivity index (χ1n) is 12.1. The summed E-state index contributed by atoms with van der Waals surface area (Å²) in [6.07, 6.45) is 7.15. The Bertz CT molecular complexity index is 847. The van der Waals surface area contributed by atoms with E-state index in [1.54, 1.807) is 12.2 Å². The van der Waals surface area contributed by atoms with E-state index in [9.17, 15) is 24.9 Å². The van der Waals surface area contributed by atoms with Crippen LogP contribution in [-0.4, -0.2) is 52.0 Å². The lowest BCUT2D eigenvalue weighted by Crippen LogP contribution is -2.59. The number of hydrogen-bond acceptors (Lipinski definition) is 6. The van der Waals surface area contributed by atoms with E-state index in [2.05, 4.69) is 13.8 Å². The summed E-state index contributed by atoms with van der Waals surface area (Å²) in [5.74, 6) is -0.0529. The normalized spacial score (nSPS) is 46.2. The van der Waals surface area contributed by atoms with Crippen LogP contribution < -0.4 is 0 Å². The highest BCUT2D eigenvalue weighted by Gasteiger charge is 2.70. The smallest absolute Gasteiger partial charge is 0.178 e. The van der Waals surface area contributed by atoms with E-state index in [-0.39, 0.29) is 34.7 Å². The van der Waals surface area contributed by atoms with Crippen LogP contribution in [0, 0.1) is 34.0 Å². The molecule has 4 aliphatic carbocycles. The predicted molar refractivity (Wildman–Crippen MR) is 119 cm³/mol. The quantitative estimate of drug-likeness (QED) is 0.542. The minimum atomic E-state index is -0.998. The summed E-state index contributed by atoms with van der Waals surface area (Å²) in [5, 5.41) is 31.8. The monoisotopic (exact) mass is 446 g/mol. The summed E-state index contributed by atoms with van der Waals surface area (Å²) in [7, 11) is 0. The van der Waals surface area contributed by atoms with E-state index in [0.717, 1.165) is 24.8 Å². The molecular formula is C26H38O6. The lowest BCUT2D eigenvalue weighted by atomic mass is 9.45. The van der Waals surface area contributed by atoms with Crippen LogP contribution in [0.1, 0.15) is 66.2 Å². The van der Waals surface area contributed by atoms with E-state index in [0.29, 0.717) is 19.3 Å². The van der Waals surface area contributed by atoms with Gasteiger partial charge in [0.15, 0.2) is 17.9 Å². The van der Waals surface area contributed by atoms with Crippen LogP contribution in [0.5, 0.6) is 0 Å². The van der Waals surface area contributed by atoms with E-state index in [4.69, 9.17) is 4.74 Å². The number of allylic oxidation sites excluding steroid dienone is 4. The fraction of sp³-hybridized carbons (Fsp3) is 0.769. The van der Waals surface area contributed by atoms with Crippen molar-refractivity contribution in [2.75, 3.05) is 6.61 Å². The van der Waals surface area contributed by atoms with Crippen molar-refractivity contribution in [3.8, 4) is 0 Å². The Morgan fingerprint density at radius 1 is 1.31 bits per heavy atom. The average molecular weight is 447 g/mol. The Morgan fingerprint density at radius 2 is 2.03 bits per heavy atom. The molecule has 0 aliphatic heterocycles. The molecule has 0 spiro atoms. The van der Waals surface area contributed by atoms with Gasteiger partial charge in [-0.25, -0.2) is 0 Å². The zero-order chi connectivity index (χ0) is 23.5. The van der Waals surface area contributed by atoms with Crippen LogP contribution in [-0.2, 0) is 14.3 Å². The Hall–Kier alpha value is -1.34. The summed E-state index contributed by atoms with van der Waals surface area (Å²) < 4.78 is 6.08. The first-order chi connectivity index (χ1) is 15.0. The number of ketones is 2. The third-order valence-electron chi connectivity index (χ3n) is 9.76. The van der Waals surface area contributed by atoms with Crippen molar-refractivity contribution in [2.24, 2.45) is 34.0 Å². The second-order valence-electron chi connectivity index (χ2n) is 11.1. The molecule has 9 atom stereocenters. The number of fused-ring (bicyclic) bond motifs is 5. The van der Waals surface area contributed by atoms with E-state index >= 15 is 0 Å². The number of carbonyl (C=O) groups excluding carboxylic acids is 2. The molecule has 0 aromatic heterocycles. The molecule has 0 aromatic rings. The molecule has 3 fully saturated rings. The molecule has 0 amide bonds. The molecule has 0 saturated heterocycles. The van der Waals surface area contributed by atoms with Gasteiger partial charge in [0, 0.05) is 11.3 Å². The molecule has 4 aliphatic rings. The lowest BCUT2D eigenvalue weighted by molar-refractivity contribution is -0.190. The van der Waals surface area contributed by atoms with E-state index in [1.165, 1.54) is 0 Å². The van der Waals surface area contributed by atoms with E-state index in [1.807, 2.05) is 19.9 Å². The van der Waals surface area contributed by atoms with Gasteiger partial charge in [-0.05, 0) is 68.4 Å². The zero-order valence-electron chi connectivity index (χ0n) is 19.7. The van der Waals surface area contributed by atoms with Crippen molar-refractivity contribution >= 4 is 11.6 Å². The maximum Gasteiger partial charge on any atom is 0.178 e. The highest BCUT2D eigenvalue weighted by Crippen LogP contribution is 2.70. The van der Waals surface area contributed by atoms with E-state index < -0.39 is 35.9 Å². The van der Waals surface area contributed by atoms with Gasteiger partial charge in [0.25, 0.3) is 0 Å². The van der Waals surface area contributed by atoms with Gasteiger partial charge in [-0.15, -0.1) is 0 Å². The standard InChI is InChI=1S/C26H38O6/c1-5-6-22(31)32-21-12-18-17-8-7-15-11-16(28)9-10-24(15,2)23(17)19(29)13-25(18,3)26(21,4)20(30)14-27/h9-11,17-19,21-23,27,29,31H,5-8,12-14H2,1-4H3/t17?,18-,19-,21+,22?,23?,24?,25?,26-/m0/s1. The number of aliphatic hydroxyl groups is 3. The minimum absolute atomic E-state index is 0.00595. The highest BCUT2D eigenvalue weighted by atomic mass is 16.6. The molecule has 0 aromatic carbocycles. The third kappa shape index (κ3) is 3.21. The first kappa shape index (κ1) is 23.8. The van der Waals surface area contributed by atoms with Gasteiger partial charge in [0.05, 0.1) is 17.6 Å². The molecule has 0 radical (unpaired) electrons. The second kappa shape index (κ2) is 8.15. The van der Waals surface area contributed by atoms with Crippen molar-refractivity contribution in [1.82, 2.24) is 0 Å². The maximum atomic E-state index is 13.2. The molecule has 6 heteroatoms. The first-order valence-corrected chi connectivity index (χ1v) is 12.1. The molecule has 178 valence electrons. The molecule has 32 heavy (non-hydrogen) atoms. The van der Waals surface area contributed by atoms with Gasteiger partial charge in [0.1, 0.15) is 6.61 Å². The summed E-state index contributed by atoms with van der Waals surface area (Å²) in [4.78, 5) is 25.2. The maximum absolute atomic E-state index is 13.2. The lowest BCUT2D eigenvalue weighted by Gasteiger charge is -2.60. The summed E-state index contributed by atoms with van der Waals surface area (Å²) >= 11 is 0. The number of hydrogen-bond donors (Lipinski definition) is 3. The van der Waals surface area contributed by atoms with Crippen LogP contribution >= 0.6 is 0 Å². The SMILES string of the molecule is CCCC(O)O[C@@H]1C[C@H]2C3CCC4=CC(=O)C=CC4(C)C3[C@@H](O)CC2(C)[C@@]1(C)C(=O)CO. The molecule has 0 heterocycles. The Balaban J connectivity index is 1.74. The van der Waals surface area contributed by atoms with Gasteiger partial charge >= 0.3 is 0 Å². The zero-order valence-corrected chi connectivity index (χ0v) is 19.7. The largest absolute Gasteiger partial charge is 0.393 e. The van der Waals surface area contributed by atoms with Crippen LogP contribution in [0.25, 0.3) is 0 Å². The fourth-order valence-corrected chi connectivity index (χ4v) is 7.90. The fourth-order valence-electron chi connectivity index (χ4n) is 7.90. The summed E-state index contributed by atoms with van der Waals surface area (Å²) in [6, 6.07) is 0. The summed E-state index contributed by atoms with van der Waals surface area (Å²) in [6.45, 7) is 7.43. The van der Waals surface area contributed by atoms with Gasteiger partial charge in [-0.2, -0.15) is 0 Å². The molecular weight excluding hydrogens is 408 g/mol. The molecule has 4 rings (SSSR count). The number of rotatable bonds is 6. The number of aliphatic hydroxyl groups excluding tert-OH is 3. The third-order valence-corrected chi connectivity index (χ3v) is 9.76. The average Bonchev–Trinajstić information content (AvgIpc) is 2.95. The second-order valence-corrected chi connectivity index (χ2v) is 11.1. The van der Waals surface area contributed by atoms with Crippen LogP contribution in [0.4, 0.5) is 0 Å². The molecule has 3 N–H and O–H groups in total. The number of Topliss-reactive ketones (excluding diaryl/α,β-unsaturated/α-hetero) is 1. The number of carbonyl (C=O) groups is 2. The van der Waals surface area contributed by atoms with Crippen molar-refractivity contribution in [3.63, 3.8) is 0 Å². The van der Waals surface area contributed by atoms with Crippen LogP contribution in [0.2, 0.25) is 0 Å². The van der Waals surface area contributed by atoms with Gasteiger partial charge in [-0.1, -0.05) is 38.8 Å². The number of ether oxygens (including phenoxy) is 1.